The molecule has 8 atom stereocenters. The van der Waals surface area contributed by atoms with Gasteiger partial charge in [0.2, 0.25) is 0 Å². The highest BCUT2D eigenvalue weighted by atomic mass is 16.5. The monoisotopic (exact) mass is 444 g/mol. The van der Waals surface area contributed by atoms with Crippen molar-refractivity contribution < 1.29 is 23.9 Å². The molecule has 4 aliphatic rings. The van der Waals surface area contributed by atoms with E-state index in [1.54, 1.807) is 0 Å². The van der Waals surface area contributed by atoms with Gasteiger partial charge in [0.1, 0.15) is 6.10 Å². The summed E-state index contributed by atoms with van der Waals surface area (Å²) in [6.45, 7) is 8.28. The minimum absolute atomic E-state index is 0.0267. The normalized spacial score (nSPS) is 41.6. The Morgan fingerprint density at radius 1 is 1.16 bits per heavy atom. The van der Waals surface area contributed by atoms with Crippen LogP contribution < -0.4 is 0 Å². The maximum atomic E-state index is 13.8. The van der Waals surface area contributed by atoms with Gasteiger partial charge >= 0.3 is 11.9 Å². The van der Waals surface area contributed by atoms with Gasteiger partial charge in [-0.3, -0.25) is 14.4 Å². The van der Waals surface area contributed by atoms with E-state index in [2.05, 4.69) is 20.8 Å². The Morgan fingerprint density at radius 3 is 2.59 bits per heavy atom. The summed E-state index contributed by atoms with van der Waals surface area (Å²) in [6.07, 6.45) is 10.5. The quantitative estimate of drug-likeness (QED) is 0.541. The van der Waals surface area contributed by atoms with Crippen molar-refractivity contribution in [3.05, 3.63) is 11.6 Å². The minimum atomic E-state index is -0.318. The van der Waals surface area contributed by atoms with Gasteiger partial charge in [-0.15, -0.1) is 0 Å². The summed E-state index contributed by atoms with van der Waals surface area (Å²) in [6, 6.07) is 0. The molecule has 5 heteroatoms. The standard InChI is InChI=1S/C27H40O5/c1-16(6-11-25(30)31-5)21-9-10-22-20-8-7-18-14-19(32-17(2)28)12-13-26(18,3)23(20)15-24(29)27(21,22)4/h15-16,18-22H,6-14H2,1-5H3/t16-,18-,19-,20?,21-,22?,26+,27-/m1/s1. The Hall–Kier alpha value is -1.65. The fourth-order valence-electron chi connectivity index (χ4n) is 8.21. The van der Waals surface area contributed by atoms with Gasteiger partial charge < -0.3 is 9.47 Å². The van der Waals surface area contributed by atoms with Gasteiger partial charge in [-0.1, -0.05) is 26.3 Å². The molecule has 0 heterocycles. The van der Waals surface area contributed by atoms with Gasteiger partial charge in [-0.05, 0) is 92.4 Å². The second kappa shape index (κ2) is 8.61. The zero-order valence-corrected chi connectivity index (χ0v) is 20.4. The molecule has 0 aromatic carbocycles. The average Bonchev–Trinajstić information content (AvgIpc) is 3.11. The minimum Gasteiger partial charge on any atom is -0.469 e. The Bertz CT molecular complexity index is 815. The number of hydrogen-bond acceptors (Lipinski definition) is 5. The van der Waals surface area contributed by atoms with E-state index in [9.17, 15) is 14.4 Å². The number of fused-ring (bicyclic) bond motifs is 5. The van der Waals surface area contributed by atoms with Crippen LogP contribution in [0, 0.1) is 40.4 Å². The molecule has 0 amide bonds. The summed E-state index contributed by atoms with van der Waals surface area (Å²) in [7, 11) is 1.44. The predicted octanol–water partition coefficient (Wildman–Crippen LogP) is 5.27. The summed E-state index contributed by atoms with van der Waals surface area (Å²) in [5.74, 6) is 1.99. The first kappa shape index (κ1) is 23.5. The van der Waals surface area contributed by atoms with Gasteiger partial charge in [-0.2, -0.15) is 0 Å². The van der Waals surface area contributed by atoms with Crippen molar-refractivity contribution in [2.45, 2.75) is 91.6 Å². The van der Waals surface area contributed by atoms with Gasteiger partial charge in [0, 0.05) is 18.8 Å². The SMILES string of the molecule is COC(=O)CC[C@@H](C)[C@H]1CCC2C3CC[C@@H]4C[C@H](OC(C)=O)CC[C@]4(C)C3=CC(=O)[C@@]21C. The van der Waals surface area contributed by atoms with E-state index in [1.807, 2.05) is 6.08 Å². The molecular weight excluding hydrogens is 404 g/mol. The summed E-state index contributed by atoms with van der Waals surface area (Å²) in [5.41, 5.74) is 1.12. The van der Waals surface area contributed by atoms with Crippen LogP contribution >= 0.6 is 0 Å². The largest absolute Gasteiger partial charge is 0.469 e. The van der Waals surface area contributed by atoms with Gasteiger partial charge in [-0.25, -0.2) is 0 Å². The summed E-state index contributed by atoms with van der Waals surface area (Å²) >= 11 is 0. The molecule has 0 N–H and O–H groups in total. The van der Waals surface area contributed by atoms with Crippen LogP contribution in [0.2, 0.25) is 0 Å². The van der Waals surface area contributed by atoms with E-state index < -0.39 is 0 Å². The van der Waals surface area contributed by atoms with Gasteiger partial charge in [0.15, 0.2) is 5.78 Å². The maximum absolute atomic E-state index is 13.8. The number of carbonyl (C=O) groups is 3. The van der Waals surface area contributed by atoms with Crippen molar-refractivity contribution >= 4 is 17.7 Å². The van der Waals surface area contributed by atoms with Gasteiger partial charge in [0.05, 0.1) is 7.11 Å². The first-order chi connectivity index (χ1) is 15.1. The number of methoxy groups -OCH3 is 1. The van der Waals surface area contributed by atoms with E-state index in [-0.39, 0.29) is 28.9 Å². The molecule has 0 radical (unpaired) electrons. The molecule has 0 aliphatic heterocycles. The van der Waals surface area contributed by atoms with Crippen molar-refractivity contribution in [2.24, 2.45) is 40.4 Å². The first-order valence-electron chi connectivity index (χ1n) is 12.6. The van der Waals surface area contributed by atoms with Gasteiger partial charge in [0.25, 0.3) is 0 Å². The highest BCUT2D eigenvalue weighted by Crippen LogP contribution is 2.65. The third-order valence-electron chi connectivity index (χ3n) is 10.0. The number of esters is 2. The highest BCUT2D eigenvalue weighted by molar-refractivity contribution is 5.97. The molecule has 3 fully saturated rings. The van der Waals surface area contributed by atoms with Crippen molar-refractivity contribution in [3.63, 3.8) is 0 Å². The molecule has 4 rings (SSSR count). The fourth-order valence-corrected chi connectivity index (χ4v) is 8.21. The molecule has 4 aliphatic carbocycles. The second-order valence-electron chi connectivity index (χ2n) is 11.4. The van der Waals surface area contributed by atoms with Crippen LogP contribution in [-0.2, 0) is 23.9 Å². The Balaban J connectivity index is 1.56. The second-order valence-corrected chi connectivity index (χ2v) is 11.4. The third-order valence-corrected chi connectivity index (χ3v) is 10.0. The lowest BCUT2D eigenvalue weighted by atomic mass is 9.48. The molecule has 0 saturated heterocycles. The molecule has 0 bridgehead atoms. The lowest BCUT2D eigenvalue weighted by Crippen LogP contribution is -2.52. The van der Waals surface area contributed by atoms with Crippen LogP contribution in [0.15, 0.2) is 11.6 Å². The van der Waals surface area contributed by atoms with Crippen molar-refractivity contribution in [2.75, 3.05) is 7.11 Å². The van der Waals surface area contributed by atoms with Crippen molar-refractivity contribution in [1.82, 2.24) is 0 Å². The van der Waals surface area contributed by atoms with E-state index >= 15 is 0 Å². The summed E-state index contributed by atoms with van der Waals surface area (Å²) in [5, 5.41) is 0. The zero-order valence-electron chi connectivity index (χ0n) is 20.4. The molecule has 0 aromatic heterocycles. The number of hydrogen-bond donors (Lipinski definition) is 0. The molecule has 2 unspecified atom stereocenters. The smallest absolute Gasteiger partial charge is 0.305 e. The van der Waals surface area contributed by atoms with E-state index in [0.29, 0.717) is 41.8 Å². The Kier molecular flexibility index (Phi) is 6.32. The first-order valence-corrected chi connectivity index (χ1v) is 12.6. The Morgan fingerprint density at radius 2 is 1.91 bits per heavy atom. The average molecular weight is 445 g/mol. The lowest BCUT2D eigenvalue weighted by Gasteiger charge is -2.56. The number of ketones is 1. The molecule has 0 aromatic rings. The van der Waals surface area contributed by atoms with Crippen LogP contribution in [0.4, 0.5) is 0 Å². The van der Waals surface area contributed by atoms with Crippen LogP contribution in [-0.4, -0.2) is 30.9 Å². The maximum Gasteiger partial charge on any atom is 0.305 e. The lowest BCUT2D eigenvalue weighted by molar-refractivity contribution is -0.151. The summed E-state index contributed by atoms with van der Waals surface area (Å²) in [4.78, 5) is 36.9. The fraction of sp³-hybridized carbons (Fsp3) is 0.815. The van der Waals surface area contributed by atoms with E-state index in [1.165, 1.54) is 19.6 Å². The molecule has 3 saturated carbocycles. The topological polar surface area (TPSA) is 69.7 Å². The number of ether oxygens (including phenoxy) is 2. The molecule has 0 spiro atoms. The molecular formula is C27H40O5. The van der Waals surface area contributed by atoms with Crippen molar-refractivity contribution in [1.29, 1.82) is 0 Å². The number of allylic oxidation sites excluding steroid dienone is 2. The van der Waals surface area contributed by atoms with Crippen LogP contribution in [0.1, 0.15) is 85.5 Å². The number of carbonyl (C=O) groups excluding carboxylic acids is 3. The molecule has 5 nitrogen and oxygen atoms in total. The number of rotatable bonds is 5. The predicted molar refractivity (Wildman–Crippen MR) is 122 cm³/mol. The Labute approximate surface area is 192 Å². The highest BCUT2D eigenvalue weighted by Gasteiger charge is 2.61. The molecule has 32 heavy (non-hydrogen) atoms. The van der Waals surface area contributed by atoms with E-state index in [0.717, 1.165) is 51.4 Å². The third kappa shape index (κ3) is 3.74. The van der Waals surface area contributed by atoms with Crippen LogP contribution in [0.25, 0.3) is 0 Å². The van der Waals surface area contributed by atoms with Crippen LogP contribution in [0.5, 0.6) is 0 Å². The van der Waals surface area contributed by atoms with Crippen molar-refractivity contribution in [3.8, 4) is 0 Å². The summed E-state index contributed by atoms with van der Waals surface area (Å²) < 4.78 is 10.4. The van der Waals surface area contributed by atoms with E-state index in [4.69, 9.17) is 9.47 Å². The van der Waals surface area contributed by atoms with Crippen LogP contribution in [0.3, 0.4) is 0 Å². The molecule has 178 valence electrons. The zero-order chi connectivity index (χ0) is 23.3.